The molecule has 1 atom stereocenters. The number of rotatable bonds is 3. The Morgan fingerprint density at radius 1 is 1.14 bits per heavy atom. The van der Waals surface area contributed by atoms with Crippen molar-refractivity contribution in [2.45, 2.75) is 12.3 Å². The van der Waals surface area contributed by atoms with Crippen molar-refractivity contribution in [1.29, 1.82) is 0 Å². The summed E-state index contributed by atoms with van der Waals surface area (Å²) in [5.41, 5.74) is 1.84. The Labute approximate surface area is 120 Å². The first-order valence-electron chi connectivity index (χ1n) is 6.78. The average Bonchev–Trinajstić information content (AvgIpc) is 3.27. The molecule has 1 saturated heterocycles. The molecule has 3 heterocycles. The molecule has 0 unspecified atom stereocenters. The molecule has 4 rings (SSSR count). The molecular formula is C14H13N5O2. The topological polar surface area (TPSA) is 89.7 Å². The highest BCUT2D eigenvalue weighted by Gasteiger charge is 2.23. The zero-order valence-corrected chi connectivity index (χ0v) is 11.2. The highest BCUT2D eigenvalue weighted by molar-refractivity contribution is 5.61. The summed E-state index contributed by atoms with van der Waals surface area (Å²) >= 11 is 0. The van der Waals surface area contributed by atoms with E-state index < -0.39 is 0 Å². The molecule has 2 aromatic heterocycles. The van der Waals surface area contributed by atoms with Gasteiger partial charge in [-0.2, -0.15) is 10.1 Å². The Balaban J connectivity index is 1.58. The molecular weight excluding hydrogens is 270 g/mol. The van der Waals surface area contributed by atoms with Crippen LogP contribution >= 0.6 is 0 Å². The molecule has 1 aromatic carbocycles. The van der Waals surface area contributed by atoms with E-state index in [1.165, 1.54) is 6.33 Å². The SMILES string of the molecule is c1n[nH]c(-c2ccc(-c3nc([C@@H]4CCOC4)no3)cc2)n1. The van der Waals surface area contributed by atoms with Crippen molar-refractivity contribution >= 4 is 0 Å². The second-order valence-corrected chi connectivity index (χ2v) is 4.93. The zero-order valence-electron chi connectivity index (χ0n) is 11.2. The normalized spacial score (nSPS) is 18.2. The molecule has 7 nitrogen and oxygen atoms in total. The van der Waals surface area contributed by atoms with E-state index >= 15 is 0 Å². The highest BCUT2D eigenvalue weighted by atomic mass is 16.5. The predicted molar refractivity (Wildman–Crippen MR) is 73.3 cm³/mol. The fraction of sp³-hybridized carbons (Fsp3) is 0.286. The molecule has 0 radical (unpaired) electrons. The molecule has 7 heteroatoms. The van der Waals surface area contributed by atoms with E-state index in [0.717, 1.165) is 35.8 Å². The predicted octanol–water partition coefficient (Wildman–Crippen LogP) is 2.03. The number of nitrogens with zero attached hydrogens (tertiary/aromatic N) is 4. The fourth-order valence-electron chi connectivity index (χ4n) is 2.37. The van der Waals surface area contributed by atoms with E-state index in [0.29, 0.717) is 12.5 Å². The highest BCUT2D eigenvalue weighted by Crippen LogP contribution is 2.26. The summed E-state index contributed by atoms with van der Waals surface area (Å²) in [6, 6.07) is 7.75. The summed E-state index contributed by atoms with van der Waals surface area (Å²) in [5.74, 6) is 2.23. The molecule has 0 amide bonds. The minimum Gasteiger partial charge on any atom is -0.381 e. The molecule has 0 spiro atoms. The first-order valence-corrected chi connectivity index (χ1v) is 6.78. The van der Waals surface area contributed by atoms with Crippen LogP contribution in [-0.2, 0) is 4.74 Å². The monoisotopic (exact) mass is 283 g/mol. The number of nitrogens with one attached hydrogen (secondary N) is 1. The third kappa shape index (κ3) is 2.31. The van der Waals surface area contributed by atoms with Crippen molar-refractivity contribution < 1.29 is 9.26 Å². The van der Waals surface area contributed by atoms with Gasteiger partial charge in [0.25, 0.3) is 5.89 Å². The lowest BCUT2D eigenvalue weighted by molar-refractivity contribution is 0.192. The first-order chi connectivity index (χ1) is 10.4. The second-order valence-electron chi connectivity index (χ2n) is 4.93. The Bertz CT molecular complexity index is 714. The van der Waals surface area contributed by atoms with Gasteiger partial charge in [0.1, 0.15) is 6.33 Å². The van der Waals surface area contributed by atoms with E-state index in [9.17, 15) is 0 Å². The van der Waals surface area contributed by atoms with Crippen molar-refractivity contribution in [3.8, 4) is 22.8 Å². The van der Waals surface area contributed by atoms with Crippen molar-refractivity contribution in [1.82, 2.24) is 25.3 Å². The molecule has 0 aliphatic carbocycles. The molecule has 106 valence electrons. The van der Waals surface area contributed by atoms with Gasteiger partial charge in [0, 0.05) is 23.7 Å². The molecule has 1 aliphatic rings. The molecule has 1 fully saturated rings. The van der Waals surface area contributed by atoms with Crippen molar-refractivity contribution in [2.75, 3.05) is 13.2 Å². The largest absolute Gasteiger partial charge is 0.381 e. The van der Waals surface area contributed by atoms with E-state index in [2.05, 4.69) is 25.3 Å². The summed E-state index contributed by atoms with van der Waals surface area (Å²) in [5, 5.41) is 10.7. The maximum atomic E-state index is 5.35. The Morgan fingerprint density at radius 3 is 2.71 bits per heavy atom. The van der Waals surface area contributed by atoms with Crippen molar-refractivity contribution in [3.05, 3.63) is 36.4 Å². The Kier molecular flexibility index (Phi) is 2.97. The number of ether oxygens (including phenoxy) is 1. The average molecular weight is 283 g/mol. The van der Waals surface area contributed by atoms with E-state index in [1.54, 1.807) is 0 Å². The van der Waals surface area contributed by atoms with Gasteiger partial charge >= 0.3 is 0 Å². The minimum absolute atomic E-state index is 0.246. The number of hydrogen-bond acceptors (Lipinski definition) is 6. The number of hydrogen-bond donors (Lipinski definition) is 1. The van der Waals surface area contributed by atoms with Gasteiger partial charge in [-0.25, -0.2) is 4.98 Å². The molecule has 0 bridgehead atoms. The zero-order chi connectivity index (χ0) is 14.1. The summed E-state index contributed by atoms with van der Waals surface area (Å²) in [7, 11) is 0. The van der Waals surface area contributed by atoms with Crippen LogP contribution in [0.5, 0.6) is 0 Å². The standard InChI is InChI=1S/C14H13N5O2/c1-3-10(4-2-9(1)12-15-8-16-18-12)14-17-13(19-21-14)11-5-6-20-7-11/h1-4,8,11H,5-7H2,(H,15,16,18)/t11-/m1/s1. The summed E-state index contributed by atoms with van der Waals surface area (Å²) in [6.07, 6.45) is 2.43. The van der Waals surface area contributed by atoms with Gasteiger partial charge in [0.05, 0.1) is 6.61 Å². The fourth-order valence-corrected chi connectivity index (χ4v) is 2.37. The second kappa shape index (κ2) is 5.10. The summed E-state index contributed by atoms with van der Waals surface area (Å²) in [4.78, 5) is 8.57. The van der Waals surface area contributed by atoms with Crippen molar-refractivity contribution in [2.24, 2.45) is 0 Å². The van der Waals surface area contributed by atoms with Crippen LogP contribution in [0.1, 0.15) is 18.2 Å². The number of aromatic amines is 1. The quantitative estimate of drug-likeness (QED) is 0.791. The molecule has 0 saturated carbocycles. The minimum atomic E-state index is 0.246. The molecule has 1 N–H and O–H groups in total. The van der Waals surface area contributed by atoms with Crippen LogP contribution in [-0.4, -0.2) is 38.5 Å². The first kappa shape index (κ1) is 12.2. The third-order valence-corrected chi connectivity index (χ3v) is 3.56. The Morgan fingerprint density at radius 2 is 2.00 bits per heavy atom. The van der Waals surface area contributed by atoms with E-state index in [4.69, 9.17) is 9.26 Å². The van der Waals surface area contributed by atoms with Crippen LogP contribution in [0.4, 0.5) is 0 Å². The smallest absolute Gasteiger partial charge is 0.257 e. The lowest BCUT2D eigenvalue weighted by atomic mass is 10.1. The van der Waals surface area contributed by atoms with Crippen LogP contribution in [0.2, 0.25) is 0 Å². The van der Waals surface area contributed by atoms with Gasteiger partial charge in [0.2, 0.25) is 0 Å². The summed E-state index contributed by atoms with van der Waals surface area (Å²) < 4.78 is 10.7. The lowest BCUT2D eigenvalue weighted by Gasteiger charge is -1.98. The number of H-pyrrole nitrogens is 1. The lowest BCUT2D eigenvalue weighted by Crippen LogP contribution is -1.99. The third-order valence-electron chi connectivity index (χ3n) is 3.56. The van der Waals surface area contributed by atoms with Crippen LogP contribution < -0.4 is 0 Å². The number of benzene rings is 1. The maximum absolute atomic E-state index is 5.35. The van der Waals surface area contributed by atoms with Crippen LogP contribution in [0.15, 0.2) is 35.1 Å². The Hall–Kier alpha value is -2.54. The van der Waals surface area contributed by atoms with Gasteiger partial charge in [-0.15, -0.1) is 0 Å². The van der Waals surface area contributed by atoms with E-state index in [-0.39, 0.29) is 5.92 Å². The van der Waals surface area contributed by atoms with Gasteiger partial charge in [-0.05, 0) is 18.6 Å². The van der Waals surface area contributed by atoms with Gasteiger partial charge in [-0.1, -0.05) is 17.3 Å². The van der Waals surface area contributed by atoms with Crippen LogP contribution in [0.3, 0.4) is 0 Å². The summed E-state index contributed by atoms with van der Waals surface area (Å²) in [6.45, 7) is 1.43. The maximum Gasteiger partial charge on any atom is 0.257 e. The van der Waals surface area contributed by atoms with Gasteiger partial charge < -0.3 is 9.26 Å². The molecule has 21 heavy (non-hydrogen) atoms. The van der Waals surface area contributed by atoms with E-state index in [1.807, 2.05) is 24.3 Å². The van der Waals surface area contributed by atoms with Gasteiger partial charge in [-0.3, -0.25) is 5.10 Å². The number of aromatic nitrogens is 5. The van der Waals surface area contributed by atoms with Crippen molar-refractivity contribution in [3.63, 3.8) is 0 Å². The van der Waals surface area contributed by atoms with Crippen LogP contribution in [0.25, 0.3) is 22.8 Å². The molecule has 1 aliphatic heterocycles. The van der Waals surface area contributed by atoms with Crippen LogP contribution in [0, 0.1) is 0 Å². The van der Waals surface area contributed by atoms with Gasteiger partial charge in [0.15, 0.2) is 11.6 Å². The molecule has 3 aromatic rings.